The summed E-state index contributed by atoms with van der Waals surface area (Å²) in [6.07, 6.45) is -18.1. The molecule has 0 unspecified atom stereocenters. The number of aliphatic carboxylic acids is 1. The molecule has 6 N–H and O–H groups in total. The number of carboxylic acid groups (broad SMARTS) is 1. The van der Waals surface area contributed by atoms with Gasteiger partial charge in [0, 0.05) is 5.92 Å². The number of nitrogens with one attached hydrogen (secondary N) is 2. The average molecular weight is 1110 g/mol. The Bertz CT molecular complexity index is 2770. The van der Waals surface area contributed by atoms with Gasteiger partial charge in [0.05, 0.1) is 6.61 Å². The lowest BCUT2D eigenvalue weighted by Crippen LogP contribution is -2.69. The van der Waals surface area contributed by atoms with Crippen LogP contribution in [-0.2, 0) is 67.3 Å². The Balaban J connectivity index is 1.16. The van der Waals surface area contributed by atoms with Crippen LogP contribution in [0.3, 0.4) is 0 Å². The molecule has 2 aliphatic heterocycles. The Labute approximate surface area is 463 Å². The lowest BCUT2D eigenvalue weighted by molar-refractivity contribution is -0.350. The van der Waals surface area contributed by atoms with Gasteiger partial charge in [0.25, 0.3) is 0 Å². The minimum Gasteiger partial charge on any atom is -0.479 e. The maximum atomic E-state index is 14.7. The summed E-state index contributed by atoms with van der Waals surface area (Å²) < 4.78 is 53.9. The number of carbonyl (C=O) groups excluding carboxylic acids is 4. The Morgan fingerprint density at radius 2 is 1.04 bits per heavy atom. The van der Waals surface area contributed by atoms with E-state index in [1.165, 1.54) is 0 Å². The smallest absolute Gasteiger partial charge is 0.407 e. The Kier molecular flexibility index (Phi) is 18.9. The highest BCUT2D eigenvalue weighted by Crippen LogP contribution is 2.45. The van der Waals surface area contributed by atoms with Gasteiger partial charge < -0.3 is 73.7 Å². The van der Waals surface area contributed by atoms with Crippen LogP contribution < -0.4 is 10.6 Å². The molecule has 3 aliphatic rings. The molecule has 20 nitrogen and oxygen atoms in total. The molecule has 10 atom stereocenters. The molecule has 0 aromatic heterocycles. The van der Waals surface area contributed by atoms with Crippen molar-refractivity contribution in [1.82, 2.24) is 10.6 Å². The number of hydrogen-bond acceptors (Lipinski definition) is 17. The highest BCUT2D eigenvalue weighted by Gasteiger charge is 2.55. The second kappa shape index (κ2) is 25.6. The molecule has 1 aliphatic carbocycles. The second-order valence-electron chi connectivity index (χ2n) is 21.5. The zero-order chi connectivity index (χ0) is 57.4. The molecule has 5 aromatic rings. The van der Waals surface area contributed by atoms with E-state index in [1.807, 2.05) is 140 Å². The summed E-state index contributed by atoms with van der Waals surface area (Å²) in [4.78, 5) is 68.2. The number of aliphatic hydroxyl groups is 3. The number of rotatable bonds is 20. The molecular weight excluding hydrogens is 1040 g/mol. The lowest BCUT2D eigenvalue weighted by Gasteiger charge is -2.48. The molecule has 2 amide bonds. The van der Waals surface area contributed by atoms with Gasteiger partial charge >= 0.3 is 24.0 Å². The van der Waals surface area contributed by atoms with Crippen molar-refractivity contribution in [2.24, 2.45) is 0 Å². The fourth-order valence-corrected chi connectivity index (χ4v) is 10.2. The van der Waals surface area contributed by atoms with Crippen molar-refractivity contribution in [3.8, 4) is 11.1 Å². The van der Waals surface area contributed by atoms with E-state index in [-0.39, 0.29) is 6.61 Å². The molecular formula is C60H68N2O18. The first-order valence-corrected chi connectivity index (χ1v) is 26.2. The van der Waals surface area contributed by atoms with E-state index in [4.69, 9.17) is 42.6 Å². The molecule has 0 bridgehead atoms. The summed E-state index contributed by atoms with van der Waals surface area (Å²) in [5.74, 6) is -4.59. The highest BCUT2D eigenvalue weighted by molar-refractivity contribution is 5.81. The quantitative estimate of drug-likeness (QED) is 0.0336. The van der Waals surface area contributed by atoms with Gasteiger partial charge in [-0.15, -0.1) is 0 Å². The predicted octanol–water partition coefficient (Wildman–Crippen LogP) is 5.11. The monoisotopic (exact) mass is 1100 g/mol. The van der Waals surface area contributed by atoms with Crippen molar-refractivity contribution in [1.29, 1.82) is 0 Å². The van der Waals surface area contributed by atoms with E-state index < -0.39 is 140 Å². The third-order valence-electron chi connectivity index (χ3n) is 13.5. The molecule has 0 spiro atoms. The number of aliphatic hydroxyl groups excluding tert-OH is 3. The lowest BCUT2D eigenvalue weighted by atomic mass is 9.77. The first-order chi connectivity index (χ1) is 38.2. The van der Waals surface area contributed by atoms with Crippen LogP contribution in [-0.4, -0.2) is 156 Å². The van der Waals surface area contributed by atoms with E-state index in [9.17, 15) is 44.4 Å². The van der Waals surface area contributed by atoms with Crippen LogP contribution in [0.5, 0.6) is 0 Å². The van der Waals surface area contributed by atoms with Crippen molar-refractivity contribution in [2.45, 2.75) is 126 Å². The maximum Gasteiger partial charge on any atom is 0.407 e. The summed E-state index contributed by atoms with van der Waals surface area (Å²) >= 11 is 0. The van der Waals surface area contributed by atoms with Crippen LogP contribution in [0, 0.1) is 0 Å². The van der Waals surface area contributed by atoms with Crippen molar-refractivity contribution in [3.05, 3.63) is 167 Å². The Morgan fingerprint density at radius 3 is 1.51 bits per heavy atom. The minimum atomic E-state index is -2.14. The number of ether oxygens (including phenoxy) is 9. The Morgan fingerprint density at radius 1 is 0.562 bits per heavy atom. The molecule has 2 heterocycles. The van der Waals surface area contributed by atoms with Crippen LogP contribution >= 0.6 is 0 Å². The zero-order valence-corrected chi connectivity index (χ0v) is 45.2. The van der Waals surface area contributed by atoms with Crippen LogP contribution in [0.1, 0.15) is 75.3 Å². The van der Waals surface area contributed by atoms with Gasteiger partial charge in [0.2, 0.25) is 5.91 Å². The summed E-state index contributed by atoms with van der Waals surface area (Å²) in [5, 5.41) is 49.6. The fourth-order valence-electron chi connectivity index (χ4n) is 10.2. The first kappa shape index (κ1) is 59.0. The summed E-state index contributed by atoms with van der Waals surface area (Å²) in [7, 11) is 0. The summed E-state index contributed by atoms with van der Waals surface area (Å²) in [5.41, 5.74) is 2.58. The number of carbonyl (C=O) groups is 5. The number of fused-ring (bicyclic) bond motifs is 3. The van der Waals surface area contributed by atoms with E-state index in [2.05, 4.69) is 10.6 Å². The number of alkyl carbamates (subject to hydrolysis) is 1. The normalized spacial score (nSPS) is 23.9. The molecule has 426 valence electrons. The molecule has 80 heavy (non-hydrogen) atoms. The van der Waals surface area contributed by atoms with Crippen LogP contribution in [0.15, 0.2) is 140 Å². The van der Waals surface area contributed by atoms with Gasteiger partial charge in [0.1, 0.15) is 85.8 Å². The Hall–Kier alpha value is -7.11. The SMILES string of the molecule is CC(C)(C)OC(=O)CO[C@@H]1[C@@H](NC(=O)OCC2c3ccccc3-c3ccccc32)[C@H](OCC(=O)NC(c2ccccc2)(c2ccccc2)c2ccccc2)O[C@H](CO)[C@H]1O[C@@H]1O[C@H](C(=O)O)[C@@H](O)[C@H](O)[C@H]1OCC(=O)OC(C)(C)C. The average Bonchev–Trinajstić information content (AvgIpc) is 3.82. The molecule has 2 fully saturated rings. The van der Waals surface area contributed by atoms with E-state index in [0.29, 0.717) is 16.7 Å². The number of carboxylic acids is 1. The van der Waals surface area contributed by atoms with Crippen molar-refractivity contribution in [2.75, 3.05) is 33.0 Å². The van der Waals surface area contributed by atoms with E-state index in [1.54, 1.807) is 41.5 Å². The van der Waals surface area contributed by atoms with Gasteiger partial charge in [-0.1, -0.05) is 140 Å². The molecule has 5 aromatic carbocycles. The number of amides is 2. The number of esters is 2. The van der Waals surface area contributed by atoms with E-state index in [0.717, 1.165) is 22.3 Å². The van der Waals surface area contributed by atoms with Crippen molar-refractivity contribution < 1.29 is 87.0 Å². The minimum absolute atomic E-state index is 0.173. The largest absolute Gasteiger partial charge is 0.479 e. The molecule has 20 heteroatoms. The first-order valence-electron chi connectivity index (χ1n) is 26.2. The van der Waals surface area contributed by atoms with Crippen LogP contribution in [0.25, 0.3) is 11.1 Å². The van der Waals surface area contributed by atoms with Gasteiger partial charge in [-0.05, 0) is 80.5 Å². The molecule has 0 radical (unpaired) electrons. The molecule has 8 rings (SSSR count). The van der Waals surface area contributed by atoms with Crippen molar-refractivity contribution >= 4 is 29.9 Å². The van der Waals surface area contributed by atoms with Crippen LogP contribution in [0.2, 0.25) is 0 Å². The van der Waals surface area contributed by atoms with Crippen LogP contribution in [0.4, 0.5) is 4.79 Å². The topological polar surface area (TPSA) is 273 Å². The third kappa shape index (κ3) is 13.9. The standard InChI is InChI=1S/C60H68N2O18/c1-58(2,3)79-45(65)33-72-51-47(61-57(71)75-31-42-40-28-18-16-26-38(40)39-27-17-19-29-41(39)42)55(74-32-44(64)62-60(35-20-10-7-11-21-35,36-22-12-8-13-23-36)37-24-14-9-15-25-37)76-43(30-63)50(51)77-56-53(73-34-46(66)80-59(4,5)6)49(68)48(67)52(78-56)54(69)70/h7-29,42-43,47-53,55-56,63,67-68H,30-34H2,1-6H3,(H,61,71)(H,62,64)(H,69,70)/t43-,47-,48+,49+,50-,51-,52+,53-,55-,56-/m1/s1. The van der Waals surface area contributed by atoms with Gasteiger partial charge in [-0.25, -0.2) is 19.2 Å². The number of benzene rings is 5. The second-order valence-corrected chi connectivity index (χ2v) is 21.5. The zero-order valence-electron chi connectivity index (χ0n) is 45.2. The van der Waals surface area contributed by atoms with Crippen molar-refractivity contribution in [3.63, 3.8) is 0 Å². The maximum absolute atomic E-state index is 14.7. The third-order valence-corrected chi connectivity index (χ3v) is 13.5. The molecule has 2 saturated heterocycles. The predicted molar refractivity (Wildman–Crippen MR) is 285 cm³/mol. The van der Waals surface area contributed by atoms with Gasteiger partial charge in [0.15, 0.2) is 18.7 Å². The number of hydrogen-bond donors (Lipinski definition) is 6. The van der Waals surface area contributed by atoms with Gasteiger partial charge in [-0.2, -0.15) is 0 Å². The van der Waals surface area contributed by atoms with E-state index >= 15 is 0 Å². The fraction of sp³-hybridized carbons (Fsp3) is 0.417. The highest BCUT2D eigenvalue weighted by atomic mass is 16.8. The summed E-state index contributed by atoms with van der Waals surface area (Å²) in [6.45, 7) is 6.15. The molecule has 0 saturated carbocycles. The van der Waals surface area contributed by atoms with Gasteiger partial charge in [-0.3, -0.25) is 4.79 Å². The summed E-state index contributed by atoms with van der Waals surface area (Å²) in [6, 6.07) is 41.6.